The standard InChI is InChI=1S/C28H29ClN4O6/c29-10-14-11-33(27(37)19-8-13-7-15(30)5-6-18(13)32-19)20-9-21(16-3-1-2-4-17(16)23(14)20)38-28-24(31)26(36)25(35)22(12-34)39-28/h1-9,14,22,24-26,28,32,34-36H,10-12,30-31H2. The van der Waals surface area contributed by atoms with Crippen LogP contribution in [-0.4, -0.2) is 75.9 Å². The number of aromatic nitrogens is 1. The molecule has 204 valence electrons. The maximum absolute atomic E-state index is 13.8. The molecular weight excluding hydrogens is 524 g/mol. The Morgan fingerprint density at radius 1 is 1.13 bits per heavy atom. The summed E-state index contributed by atoms with van der Waals surface area (Å²) >= 11 is 6.41. The highest BCUT2D eigenvalue weighted by molar-refractivity contribution is 6.19. The van der Waals surface area contributed by atoms with Crippen molar-refractivity contribution in [2.75, 3.05) is 29.7 Å². The van der Waals surface area contributed by atoms with Crippen LogP contribution in [0.3, 0.4) is 0 Å². The van der Waals surface area contributed by atoms with Gasteiger partial charge in [0.15, 0.2) is 0 Å². The molecule has 0 radical (unpaired) electrons. The number of alkyl halides is 1. The van der Waals surface area contributed by atoms with E-state index in [0.717, 1.165) is 27.2 Å². The van der Waals surface area contributed by atoms with Crippen molar-refractivity contribution >= 4 is 50.6 Å². The van der Waals surface area contributed by atoms with Gasteiger partial charge in [0.2, 0.25) is 6.29 Å². The van der Waals surface area contributed by atoms with Crippen LogP contribution in [0.1, 0.15) is 22.0 Å². The second-order valence-corrected chi connectivity index (χ2v) is 10.4. The number of nitrogen functional groups attached to an aromatic ring is 1. The largest absolute Gasteiger partial charge is 0.462 e. The number of hydrogen-bond donors (Lipinski definition) is 6. The highest BCUT2D eigenvalue weighted by Crippen LogP contribution is 2.46. The van der Waals surface area contributed by atoms with Crippen LogP contribution in [0, 0.1) is 0 Å². The number of amides is 1. The van der Waals surface area contributed by atoms with E-state index in [2.05, 4.69) is 4.98 Å². The zero-order valence-corrected chi connectivity index (χ0v) is 21.6. The maximum Gasteiger partial charge on any atom is 0.274 e. The molecule has 10 nitrogen and oxygen atoms in total. The van der Waals surface area contributed by atoms with Crippen molar-refractivity contribution in [2.45, 2.75) is 36.6 Å². The fraction of sp³-hybridized carbons (Fsp3) is 0.321. The van der Waals surface area contributed by atoms with Crippen LogP contribution in [0.2, 0.25) is 0 Å². The molecule has 0 bridgehead atoms. The van der Waals surface area contributed by atoms with E-state index in [9.17, 15) is 20.1 Å². The Bertz CT molecular complexity index is 1560. The number of aliphatic hydroxyl groups is 3. The van der Waals surface area contributed by atoms with Crippen molar-refractivity contribution < 1.29 is 29.6 Å². The lowest BCUT2D eigenvalue weighted by atomic mass is 9.95. The average molecular weight is 553 g/mol. The topological polar surface area (TPSA) is 167 Å². The van der Waals surface area contributed by atoms with Crippen LogP contribution in [0.25, 0.3) is 21.7 Å². The number of carbonyl (C=O) groups is 1. The van der Waals surface area contributed by atoms with E-state index in [1.54, 1.807) is 29.2 Å². The number of aromatic amines is 1. The number of halogens is 1. The summed E-state index contributed by atoms with van der Waals surface area (Å²) in [4.78, 5) is 18.7. The van der Waals surface area contributed by atoms with Crippen LogP contribution < -0.4 is 21.1 Å². The zero-order chi connectivity index (χ0) is 27.4. The zero-order valence-electron chi connectivity index (χ0n) is 20.8. The van der Waals surface area contributed by atoms with Gasteiger partial charge in [0.1, 0.15) is 29.8 Å². The van der Waals surface area contributed by atoms with E-state index in [1.807, 2.05) is 30.3 Å². The third-order valence-electron chi connectivity index (χ3n) is 7.61. The van der Waals surface area contributed by atoms with Crippen molar-refractivity contribution in [3.63, 3.8) is 0 Å². The quantitative estimate of drug-likeness (QED) is 0.161. The highest BCUT2D eigenvalue weighted by Gasteiger charge is 2.44. The molecule has 3 heterocycles. The van der Waals surface area contributed by atoms with Crippen molar-refractivity contribution in [3.05, 3.63) is 65.9 Å². The fourth-order valence-electron chi connectivity index (χ4n) is 5.57. The van der Waals surface area contributed by atoms with E-state index in [4.69, 9.17) is 32.5 Å². The highest BCUT2D eigenvalue weighted by atomic mass is 35.5. The number of benzene rings is 3. The molecular formula is C28H29ClN4O6. The van der Waals surface area contributed by atoms with Crippen molar-refractivity contribution in [2.24, 2.45) is 5.73 Å². The third kappa shape index (κ3) is 4.29. The summed E-state index contributed by atoms with van der Waals surface area (Å²) in [6, 6.07) is 15.4. The summed E-state index contributed by atoms with van der Waals surface area (Å²) in [6.07, 6.45) is -4.95. The minimum atomic E-state index is -1.36. The van der Waals surface area contributed by atoms with Crippen molar-refractivity contribution in [3.8, 4) is 5.75 Å². The first-order valence-electron chi connectivity index (χ1n) is 12.7. The number of hydrogen-bond acceptors (Lipinski definition) is 8. The predicted octanol–water partition coefficient (Wildman–Crippen LogP) is 2.03. The van der Waals surface area contributed by atoms with Gasteiger partial charge in [-0.15, -0.1) is 11.6 Å². The van der Waals surface area contributed by atoms with Crippen LogP contribution in [0.4, 0.5) is 11.4 Å². The van der Waals surface area contributed by atoms with Crippen LogP contribution in [0.5, 0.6) is 5.75 Å². The Hall–Kier alpha value is -3.38. The SMILES string of the molecule is Nc1ccc2[nH]c(C(=O)N3CC(CCl)c4c3cc(OC3OC(CO)C(O)C(O)C3N)c3ccccc43)cc2c1. The number of anilines is 2. The number of ether oxygens (including phenoxy) is 2. The molecule has 0 spiro atoms. The van der Waals surface area contributed by atoms with Gasteiger partial charge in [-0.25, -0.2) is 0 Å². The molecule has 39 heavy (non-hydrogen) atoms. The number of nitrogens with zero attached hydrogens (tertiary/aromatic N) is 1. The molecule has 1 saturated heterocycles. The molecule has 2 aliphatic rings. The Morgan fingerprint density at radius 2 is 1.90 bits per heavy atom. The Kier molecular flexibility index (Phi) is 6.62. The molecule has 4 aromatic rings. The molecule has 6 unspecified atom stereocenters. The molecule has 0 aliphatic carbocycles. The second-order valence-electron chi connectivity index (χ2n) is 10.1. The molecule has 0 saturated carbocycles. The van der Waals surface area contributed by atoms with Gasteiger partial charge in [0, 0.05) is 46.4 Å². The Labute approximate surface area is 228 Å². The van der Waals surface area contributed by atoms with E-state index in [-0.39, 0.29) is 11.8 Å². The number of aliphatic hydroxyl groups excluding tert-OH is 3. The molecule has 1 amide bonds. The summed E-state index contributed by atoms with van der Waals surface area (Å²) in [5.41, 5.74) is 15.4. The third-order valence-corrected chi connectivity index (χ3v) is 7.98. The number of rotatable bonds is 5. The van der Waals surface area contributed by atoms with Gasteiger partial charge < -0.3 is 46.1 Å². The van der Waals surface area contributed by atoms with Crippen LogP contribution in [0.15, 0.2) is 54.6 Å². The summed E-state index contributed by atoms with van der Waals surface area (Å²) in [7, 11) is 0. The molecule has 1 aromatic heterocycles. The van der Waals surface area contributed by atoms with E-state index >= 15 is 0 Å². The average Bonchev–Trinajstić information content (AvgIpc) is 3.54. The summed E-state index contributed by atoms with van der Waals surface area (Å²) in [5, 5.41) is 32.7. The Balaban J connectivity index is 1.43. The summed E-state index contributed by atoms with van der Waals surface area (Å²) in [5.74, 6) is 0.337. The minimum Gasteiger partial charge on any atom is -0.462 e. The van der Waals surface area contributed by atoms with Gasteiger partial charge in [0.05, 0.1) is 18.3 Å². The van der Waals surface area contributed by atoms with Crippen molar-refractivity contribution in [1.29, 1.82) is 0 Å². The monoisotopic (exact) mass is 552 g/mol. The first-order valence-corrected chi connectivity index (χ1v) is 13.2. The lowest BCUT2D eigenvalue weighted by Gasteiger charge is -2.40. The van der Waals surface area contributed by atoms with Gasteiger partial charge in [-0.3, -0.25) is 4.79 Å². The first kappa shape index (κ1) is 25.9. The number of nitrogens with one attached hydrogen (secondary N) is 1. The number of nitrogens with two attached hydrogens (primary N) is 2. The van der Waals surface area contributed by atoms with Crippen LogP contribution >= 0.6 is 11.6 Å². The molecule has 6 rings (SSSR count). The number of carbonyl (C=O) groups excluding carboxylic acids is 1. The first-order chi connectivity index (χ1) is 18.8. The molecule has 3 aromatic carbocycles. The summed E-state index contributed by atoms with van der Waals surface area (Å²) in [6.45, 7) is -0.148. The minimum absolute atomic E-state index is 0.117. The molecule has 2 aliphatic heterocycles. The van der Waals surface area contributed by atoms with E-state index in [1.165, 1.54) is 0 Å². The smallest absolute Gasteiger partial charge is 0.274 e. The van der Waals surface area contributed by atoms with Gasteiger partial charge in [-0.2, -0.15) is 0 Å². The lowest BCUT2D eigenvalue weighted by Crippen LogP contribution is -2.63. The van der Waals surface area contributed by atoms with Gasteiger partial charge in [0.25, 0.3) is 5.91 Å². The molecule has 8 N–H and O–H groups in total. The van der Waals surface area contributed by atoms with Gasteiger partial charge in [-0.05, 0) is 35.2 Å². The van der Waals surface area contributed by atoms with Gasteiger partial charge in [-0.1, -0.05) is 24.3 Å². The van der Waals surface area contributed by atoms with E-state index < -0.39 is 37.3 Å². The number of fused-ring (bicyclic) bond motifs is 4. The van der Waals surface area contributed by atoms with Gasteiger partial charge >= 0.3 is 0 Å². The van der Waals surface area contributed by atoms with E-state index in [0.29, 0.717) is 35.2 Å². The lowest BCUT2D eigenvalue weighted by molar-refractivity contribution is -0.239. The number of H-pyrrole nitrogens is 1. The molecule has 11 heteroatoms. The maximum atomic E-state index is 13.8. The fourth-order valence-corrected chi connectivity index (χ4v) is 5.83. The summed E-state index contributed by atoms with van der Waals surface area (Å²) < 4.78 is 11.9. The normalized spacial score (nSPS) is 26.7. The predicted molar refractivity (Wildman–Crippen MR) is 148 cm³/mol. The molecule has 6 atom stereocenters. The second kappa shape index (κ2) is 9.98. The Morgan fingerprint density at radius 3 is 2.64 bits per heavy atom. The van der Waals surface area contributed by atoms with Crippen LogP contribution in [-0.2, 0) is 4.74 Å². The van der Waals surface area contributed by atoms with Crippen molar-refractivity contribution in [1.82, 2.24) is 4.98 Å². The molecule has 1 fully saturated rings.